The summed E-state index contributed by atoms with van der Waals surface area (Å²) in [5.41, 5.74) is 7.72. The van der Waals surface area contributed by atoms with Crippen LogP contribution in [0.15, 0.2) is 27.1 Å². The van der Waals surface area contributed by atoms with Crippen LogP contribution in [0.3, 0.4) is 0 Å². The van der Waals surface area contributed by atoms with Crippen molar-refractivity contribution in [1.82, 2.24) is 15.0 Å². The van der Waals surface area contributed by atoms with Crippen molar-refractivity contribution in [3.63, 3.8) is 0 Å². The molecule has 2 rings (SSSR count). The van der Waals surface area contributed by atoms with Gasteiger partial charge in [0.25, 0.3) is 0 Å². The van der Waals surface area contributed by atoms with Crippen molar-refractivity contribution in [2.75, 3.05) is 5.73 Å². The molecule has 0 aliphatic heterocycles. The highest BCUT2D eigenvalue weighted by Gasteiger charge is 2.13. The summed E-state index contributed by atoms with van der Waals surface area (Å²) in [6.45, 7) is 2.10. The van der Waals surface area contributed by atoms with E-state index in [1.807, 2.05) is 18.2 Å². The average Bonchev–Trinajstić information content (AvgIpc) is 2.65. The number of halogens is 2. The van der Waals surface area contributed by atoms with Gasteiger partial charge in [0, 0.05) is 8.95 Å². The molecule has 1 aromatic carbocycles. The molecule has 0 aliphatic rings. The van der Waals surface area contributed by atoms with E-state index in [0.717, 1.165) is 33.2 Å². The number of aromatic nitrogens is 3. The van der Waals surface area contributed by atoms with Crippen LogP contribution in [-0.4, -0.2) is 15.0 Å². The van der Waals surface area contributed by atoms with Crippen molar-refractivity contribution in [3.8, 4) is 5.69 Å². The zero-order valence-electron chi connectivity index (χ0n) is 9.32. The minimum absolute atomic E-state index is 0.499. The van der Waals surface area contributed by atoms with Crippen LogP contribution in [-0.2, 0) is 6.42 Å². The van der Waals surface area contributed by atoms with Crippen molar-refractivity contribution in [2.24, 2.45) is 0 Å². The van der Waals surface area contributed by atoms with Crippen molar-refractivity contribution in [2.45, 2.75) is 19.8 Å². The first kappa shape index (κ1) is 12.6. The van der Waals surface area contributed by atoms with Crippen molar-refractivity contribution in [1.29, 1.82) is 0 Å². The van der Waals surface area contributed by atoms with Crippen molar-refractivity contribution in [3.05, 3.63) is 32.8 Å². The van der Waals surface area contributed by atoms with Crippen molar-refractivity contribution >= 4 is 37.7 Å². The molecule has 2 N–H and O–H groups in total. The van der Waals surface area contributed by atoms with E-state index in [1.54, 1.807) is 4.68 Å². The normalized spacial score (nSPS) is 10.8. The largest absolute Gasteiger partial charge is 0.381 e. The summed E-state index contributed by atoms with van der Waals surface area (Å²) < 4.78 is 3.74. The number of nitrogens with zero attached hydrogens (tertiary/aromatic N) is 3. The Bertz CT molecular complexity index is 536. The molecule has 0 amide bonds. The number of benzene rings is 1. The Morgan fingerprint density at radius 1 is 1.35 bits per heavy atom. The number of nitrogen functional groups attached to an aromatic ring is 1. The lowest BCUT2D eigenvalue weighted by molar-refractivity contribution is 0.743. The molecule has 2 aromatic rings. The molecule has 0 unspecified atom stereocenters. The van der Waals surface area contributed by atoms with Gasteiger partial charge in [-0.15, -0.1) is 5.10 Å². The number of rotatable bonds is 3. The maximum Gasteiger partial charge on any atom is 0.169 e. The van der Waals surface area contributed by atoms with Gasteiger partial charge in [-0.2, -0.15) is 0 Å². The summed E-state index contributed by atoms with van der Waals surface area (Å²) in [6, 6.07) is 5.91. The first-order chi connectivity index (χ1) is 8.13. The predicted molar refractivity (Wildman–Crippen MR) is 75.2 cm³/mol. The highest BCUT2D eigenvalue weighted by atomic mass is 79.9. The molecular formula is C11H12Br2N4. The second-order valence-corrected chi connectivity index (χ2v) is 5.45. The standard InChI is InChI=1S/C11H12Br2N4/c1-2-3-9-11(14)15-16-17(9)10-6-7(12)4-5-8(10)13/h4-6H,2-3,14H2,1H3. The molecule has 0 saturated carbocycles. The molecule has 0 atom stereocenters. The molecule has 0 fully saturated rings. The van der Waals surface area contributed by atoms with E-state index < -0.39 is 0 Å². The van der Waals surface area contributed by atoms with Gasteiger partial charge in [-0.1, -0.05) is 34.5 Å². The third-order valence-corrected chi connectivity index (χ3v) is 3.58. The number of nitrogens with two attached hydrogens (primary N) is 1. The van der Waals surface area contributed by atoms with E-state index >= 15 is 0 Å². The van der Waals surface area contributed by atoms with Crippen LogP contribution in [0.4, 0.5) is 5.82 Å². The lowest BCUT2D eigenvalue weighted by atomic mass is 10.2. The Kier molecular flexibility index (Phi) is 3.83. The van der Waals surface area contributed by atoms with Crippen LogP contribution in [0.2, 0.25) is 0 Å². The lowest BCUT2D eigenvalue weighted by Crippen LogP contribution is -2.04. The van der Waals surface area contributed by atoms with Gasteiger partial charge in [-0.25, -0.2) is 4.68 Å². The maximum atomic E-state index is 5.83. The fraction of sp³-hybridized carbons (Fsp3) is 0.273. The first-order valence-corrected chi connectivity index (χ1v) is 6.87. The van der Waals surface area contributed by atoms with E-state index in [-0.39, 0.29) is 0 Å². The van der Waals surface area contributed by atoms with Gasteiger partial charge in [-0.3, -0.25) is 0 Å². The van der Waals surface area contributed by atoms with E-state index in [1.165, 1.54) is 0 Å². The summed E-state index contributed by atoms with van der Waals surface area (Å²) in [5, 5.41) is 8.03. The Morgan fingerprint density at radius 3 is 2.82 bits per heavy atom. The van der Waals surface area contributed by atoms with Crippen LogP contribution in [0, 0.1) is 0 Å². The molecule has 0 saturated heterocycles. The molecule has 6 heteroatoms. The van der Waals surface area contributed by atoms with E-state index in [9.17, 15) is 0 Å². The summed E-state index contributed by atoms with van der Waals surface area (Å²) in [4.78, 5) is 0. The van der Waals surface area contributed by atoms with Crippen LogP contribution in [0.25, 0.3) is 5.69 Å². The molecule has 0 radical (unpaired) electrons. The molecule has 0 aliphatic carbocycles. The van der Waals surface area contributed by atoms with Gasteiger partial charge in [-0.05, 0) is 40.5 Å². The minimum Gasteiger partial charge on any atom is -0.381 e. The van der Waals surface area contributed by atoms with E-state index in [2.05, 4.69) is 49.1 Å². The second-order valence-electron chi connectivity index (χ2n) is 3.68. The van der Waals surface area contributed by atoms with Crippen LogP contribution >= 0.6 is 31.9 Å². The smallest absolute Gasteiger partial charge is 0.169 e. The quantitative estimate of drug-likeness (QED) is 0.914. The van der Waals surface area contributed by atoms with E-state index in [0.29, 0.717) is 5.82 Å². The summed E-state index contributed by atoms with van der Waals surface area (Å²) >= 11 is 6.96. The molecule has 0 bridgehead atoms. The fourth-order valence-electron chi connectivity index (χ4n) is 1.63. The second kappa shape index (κ2) is 5.18. The summed E-state index contributed by atoms with van der Waals surface area (Å²) in [5.74, 6) is 0.499. The molecule has 90 valence electrons. The Morgan fingerprint density at radius 2 is 2.12 bits per heavy atom. The Balaban J connectivity index is 2.56. The molecule has 17 heavy (non-hydrogen) atoms. The molecule has 1 aromatic heterocycles. The Labute approximate surface area is 116 Å². The van der Waals surface area contributed by atoms with E-state index in [4.69, 9.17) is 5.73 Å². The van der Waals surface area contributed by atoms with Gasteiger partial charge >= 0.3 is 0 Å². The van der Waals surface area contributed by atoms with Gasteiger partial charge in [0.05, 0.1) is 11.4 Å². The highest BCUT2D eigenvalue weighted by molar-refractivity contribution is 9.11. The molecule has 1 heterocycles. The predicted octanol–water partition coefficient (Wildman–Crippen LogP) is 3.33. The lowest BCUT2D eigenvalue weighted by Gasteiger charge is -2.08. The van der Waals surface area contributed by atoms with Crippen molar-refractivity contribution < 1.29 is 0 Å². The van der Waals surface area contributed by atoms with Crippen LogP contribution < -0.4 is 5.73 Å². The SMILES string of the molecule is CCCc1c(N)nnn1-c1cc(Br)ccc1Br. The molecule has 4 nitrogen and oxygen atoms in total. The minimum atomic E-state index is 0.499. The zero-order chi connectivity index (χ0) is 12.4. The number of hydrogen-bond donors (Lipinski definition) is 1. The third-order valence-electron chi connectivity index (χ3n) is 2.42. The molecule has 0 spiro atoms. The van der Waals surface area contributed by atoms with Gasteiger partial charge in [0.1, 0.15) is 0 Å². The topological polar surface area (TPSA) is 56.7 Å². The van der Waals surface area contributed by atoms with Crippen LogP contribution in [0.1, 0.15) is 19.0 Å². The summed E-state index contributed by atoms with van der Waals surface area (Å²) in [6.07, 6.45) is 1.86. The highest BCUT2D eigenvalue weighted by Crippen LogP contribution is 2.26. The maximum absolute atomic E-state index is 5.83. The van der Waals surface area contributed by atoms with Gasteiger partial charge < -0.3 is 5.73 Å². The monoisotopic (exact) mass is 358 g/mol. The third kappa shape index (κ3) is 2.52. The fourth-order valence-corrected chi connectivity index (χ4v) is 2.39. The average molecular weight is 360 g/mol. The summed E-state index contributed by atoms with van der Waals surface area (Å²) in [7, 11) is 0. The Hall–Kier alpha value is -0.880. The molecular weight excluding hydrogens is 348 g/mol. The van der Waals surface area contributed by atoms with Crippen LogP contribution in [0.5, 0.6) is 0 Å². The number of hydrogen-bond acceptors (Lipinski definition) is 3. The van der Waals surface area contributed by atoms with Gasteiger partial charge in [0.15, 0.2) is 5.82 Å². The number of anilines is 1. The zero-order valence-corrected chi connectivity index (χ0v) is 12.5. The van der Waals surface area contributed by atoms with Gasteiger partial charge in [0.2, 0.25) is 0 Å². The first-order valence-electron chi connectivity index (χ1n) is 5.29.